The van der Waals surface area contributed by atoms with Crippen molar-refractivity contribution in [3.8, 4) is 0 Å². The van der Waals surface area contributed by atoms with Gasteiger partial charge in [-0.25, -0.2) is 0 Å². The van der Waals surface area contributed by atoms with E-state index in [1.54, 1.807) is 0 Å². The third kappa shape index (κ3) is 5.56. The molecule has 0 atom stereocenters. The predicted molar refractivity (Wildman–Crippen MR) is 115 cm³/mol. The topological polar surface area (TPSA) is 66.7 Å². The summed E-state index contributed by atoms with van der Waals surface area (Å²) >= 11 is 0. The summed E-state index contributed by atoms with van der Waals surface area (Å²) in [5, 5.41) is 11.2. The maximum Gasteiger partial charge on any atom is 0.191 e. The molecule has 0 amide bonds. The fraction of sp³-hybridized carbons (Fsp3) is 0.778. The van der Waals surface area contributed by atoms with Gasteiger partial charge in [0.1, 0.15) is 0 Å². The van der Waals surface area contributed by atoms with E-state index in [1.165, 1.54) is 32.1 Å². The van der Waals surface area contributed by atoms with E-state index < -0.39 is 0 Å². The lowest BCUT2D eigenvalue weighted by molar-refractivity contribution is -0.0352. The minimum atomic E-state index is 0. The van der Waals surface area contributed by atoms with E-state index in [9.17, 15) is 0 Å². The Balaban J connectivity index is 0.00000243. The largest absolute Gasteiger partial charge is 0.379 e. The number of halogens is 1. The van der Waals surface area contributed by atoms with E-state index in [2.05, 4.69) is 25.6 Å². The average molecular weight is 476 g/mol. The summed E-state index contributed by atoms with van der Waals surface area (Å²) < 4.78 is 7.39. The lowest BCUT2D eigenvalue weighted by Gasteiger charge is -2.48. The normalized spacial score (nSPS) is 21.1. The van der Waals surface area contributed by atoms with Gasteiger partial charge in [0.15, 0.2) is 5.96 Å². The van der Waals surface area contributed by atoms with Crippen molar-refractivity contribution in [1.82, 2.24) is 25.3 Å². The van der Waals surface area contributed by atoms with Crippen molar-refractivity contribution in [3.05, 3.63) is 18.0 Å². The van der Waals surface area contributed by atoms with Crippen LogP contribution in [0, 0.1) is 0 Å². The average Bonchev–Trinajstić information content (AvgIpc) is 3.08. The molecule has 26 heavy (non-hydrogen) atoms. The van der Waals surface area contributed by atoms with Crippen LogP contribution in [-0.4, -0.2) is 66.1 Å². The SMILES string of the molecule is CN=C(NCc1cnn(C)c1)NCC1(N2CCOCC2)CCCCC1.I. The maximum absolute atomic E-state index is 5.57. The van der Waals surface area contributed by atoms with E-state index in [0.29, 0.717) is 0 Å². The monoisotopic (exact) mass is 476 g/mol. The number of aliphatic imine (C=N–C) groups is 1. The molecule has 2 N–H and O–H groups in total. The van der Waals surface area contributed by atoms with Gasteiger partial charge in [-0.2, -0.15) is 5.10 Å². The molecule has 3 rings (SSSR count). The first-order valence-corrected chi connectivity index (χ1v) is 9.47. The lowest BCUT2D eigenvalue weighted by atomic mass is 9.80. The van der Waals surface area contributed by atoms with Gasteiger partial charge >= 0.3 is 0 Å². The second-order valence-corrected chi connectivity index (χ2v) is 7.19. The highest BCUT2D eigenvalue weighted by molar-refractivity contribution is 14.0. The molecule has 2 aliphatic rings. The number of hydrogen-bond donors (Lipinski definition) is 2. The fourth-order valence-electron chi connectivity index (χ4n) is 4.07. The van der Waals surface area contributed by atoms with Gasteiger partial charge in [-0.3, -0.25) is 14.6 Å². The second-order valence-electron chi connectivity index (χ2n) is 7.19. The molecule has 7 nitrogen and oxygen atoms in total. The Bertz CT molecular complexity index is 564. The van der Waals surface area contributed by atoms with Crippen LogP contribution in [0.4, 0.5) is 0 Å². The zero-order valence-electron chi connectivity index (χ0n) is 16.0. The van der Waals surface area contributed by atoms with Gasteiger partial charge in [0, 0.05) is 57.6 Å². The van der Waals surface area contributed by atoms with E-state index in [1.807, 2.05) is 31.2 Å². The maximum atomic E-state index is 5.57. The molecule has 1 aromatic heterocycles. The van der Waals surface area contributed by atoms with Crippen molar-refractivity contribution < 1.29 is 4.74 Å². The van der Waals surface area contributed by atoms with Gasteiger partial charge in [-0.1, -0.05) is 19.3 Å². The Kier molecular flexibility index (Phi) is 8.62. The Morgan fingerprint density at radius 1 is 1.23 bits per heavy atom. The minimum absolute atomic E-state index is 0. The number of hydrogen-bond acceptors (Lipinski definition) is 4. The summed E-state index contributed by atoms with van der Waals surface area (Å²) in [6.07, 6.45) is 10.4. The van der Waals surface area contributed by atoms with Crippen molar-refractivity contribution >= 4 is 29.9 Å². The molecule has 148 valence electrons. The third-order valence-electron chi connectivity index (χ3n) is 5.49. The number of aryl methyl sites for hydroxylation is 1. The molecule has 2 fully saturated rings. The fourth-order valence-corrected chi connectivity index (χ4v) is 4.07. The van der Waals surface area contributed by atoms with Crippen LogP contribution in [0.25, 0.3) is 0 Å². The molecular formula is C18H33IN6O. The van der Waals surface area contributed by atoms with Crippen molar-refractivity contribution in [2.24, 2.45) is 12.0 Å². The van der Waals surface area contributed by atoms with E-state index in [-0.39, 0.29) is 29.5 Å². The summed E-state index contributed by atoms with van der Waals surface area (Å²) in [7, 11) is 3.77. The van der Waals surface area contributed by atoms with Crippen LogP contribution in [0.5, 0.6) is 0 Å². The predicted octanol–water partition coefficient (Wildman–Crippen LogP) is 1.74. The summed E-state index contributed by atoms with van der Waals surface area (Å²) in [4.78, 5) is 7.04. The molecule has 8 heteroatoms. The Labute approximate surface area is 174 Å². The van der Waals surface area contributed by atoms with Gasteiger partial charge < -0.3 is 15.4 Å². The van der Waals surface area contributed by atoms with Crippen molar-refractivity contribution in [2.45, 2.75) is 44.2 Å². The van der Waals surface area contributed by atoms with Crippen molar-refractivity contribution in [1.29, 1.82) is 0 Å². The van der Waals surface area contributed by atoms with E-state index in [4.69, 9.17) is 4.74 Å². The summed E-state index contributed by atoms with van der Waals surface area (Å²) in [6, 6.07) is 0. The van der Waals surface area contributed by atoms with Gasteiger partial charge in [0.25, 0.3) is 0 Å². The van der Waals surface area contributed by atoms with Gasteiger partial charge in [-0.15, -0.1) is 24.0 Å². The highest BCUT2D eigenvalue weighted by atomic mass is 127. The first-order chi connectivity index (χ1) is 12.2. The molecule has 0 spiro atoms. The Morgan fingerprint density at radius 3 is 2.58 bits per heavy atom. The number of nitrogens with zero attached hydrogens (tertiary/aromatic N) is 4. The molecule has 1 aliphatic heterocycles. The molecule has 0 radical (unpaired) electrons. The highest BCUT2D eigenvalue weighted by Crippen LogP contribution is 2.33. The smallest absolute Gasteiger partial charge is 0.191 e. The molecule has 1 aliphatic carbocycles. The van der Waals surface area contributed by atoms with Crippen LogP contribution in [0.2, 0.25) is 0 Å². The number of aromatic nitrogens is 2. The quantitative estimate of drug-likeness (QED) is 0.385. The minimum Gasteiger partial charge on any atom is -0.379 e. The van der Waals surface area contributed by atoms with Gasteiger partial charge in [-0.05, 0) is 12.8 Å². The Morgan fingerprint density at radius 2 is 1.96 bits per heavy atom. The number of rotatable bonds is 5. The first kappa shape index (κ1) is 21.4. The van der Waals surface area contributed by atoms with Gasteiger partial charge in [0.05, 0.1) is 19.4 Å². The van der Waals surface area contributed by atoms with Crippen molar-refractivity contribution in [2.75, 3.05) is 39.9 Å². The molecule has 0 bridgehead atoms. The van der Waals surface area contributed by atoms with E-state index >= 15 is 0 Å². The van der Waals surface area contributed by atoms with E-state index in [0.717, 1.165) is 50.9 Å². The summed E-state index contributed by atoms with van der Waals surface area (Å²) in [5.74, 6) is 0.863. The summed E-state index contributed by atoms with van der Waals surface area (Å²) in [5.41, 5.74) is 1.40. The van der Waals surface area contributed by atoms with Crippen molar-refractivity contribution in [3.63, 3.8) is 0 Å². The summed E-state index contributed by atoms with van der Waals surface area (Å²) in [6.45, 7) is 5.48. The van der Waals surface area contributed by atoms with Crippen LogP contribution < -0.4 is 10.6 Å². The number of morpholine rings is 1. The number of guanidine groups is 1. The zero-order valence-corrected chi connectivity index (χ0v) is 18.4. The van der Waals surface area contributed by atoms with Crippen LogP contribution >= 0.6 is 24.0 Å². The number of ether oxygens (including phenoxy) is 1. The van der Waals surface area contributed by atoms with Crippen LogP contribution in [0.15, 0.2) is 17.4 Å². The molecule has 2 heterocycles. The second kappa shape index (κ2) is 10.5. The third-order valence-corrected chi connectivity index (χ3v) is 5.49. The molecular weight excluding hydrogens is 443 g/mol. The molecule has 1 saturated heterocycles. The van der Waals surface area contributed by atoms with Crippen LogP contribution in [-0.2, 0) is 18.3 Å². The molecule has 1 saturated carbocycles. The molecule has 0 unspecified atom stereocenters. The number of nitrogens with one attached hydrogen (secondary N) is 2. The van der Waals surface area contributed by atoms with Crippen LogP contribution in [0.3, 0.4) is 0 Å². The van der Waals surface area contributed by atoms with Crippen LogP contribution in [0.1, 0.15) is 37.7 Å². The Hall–Kier alpha value is -0.870. The molecule has 1 aromatic rings. The standard InChI is InChI=1S/C18H32N6O.HI/c1-19-17(20-12-16-13-22-23(2)14-16)21-15-18(6-4-3-5-7-18)24-8-10-25-11-9-24;/h13-14H,3-12,15H2,1-2H3,(H2,19,20,21);1H. The molecule has 0 aromatic carbocycles. The first-order valence-electron chi connectivity index (χ1n) is 9.47. The lowest BCUT2D eigenvalue weighted by Crippen LogP contribution is -2.60. The highest BCUT2D eigenvalue weighted by Gasteiger charge is 2.38. The van der Waals surface area contributed by atoms with Gasteiger partial charge in [0.2, 0.25) is 0 Å². The zero-order chi connectivity index (χ0) is 17.5.